The van der Waals surface area contributed by atoms with Crippen LogP contribution in [-0.2, 0) is 9.53 Å². The highest BCUT2D eigenvalue weighted by Crippen LogP contribution is 2.41. The molecule has 2 heterocycles. The summed E-state index contributed by atoms with van der Waals surface area (Å²) in [5, 5.41) is 13.2. The molecule has 0 bridgehead atoms. The highest BCUT2D eigenvalue weighted by Gasteiger charge is 2.48. The van der Waals surface area contributed by atoms with Crippen molar-refractivity contribution in [3.63, 3.8) is 0 Å². The Bertz CT molecular complexity index is 364. The van der Waals surface area contributed by atoms with Gasteiger partial charge in [0.05, 0.1) is 6.10 Å². The van der Waals surface area contributed by atoms with Crippen molar-refractivity contribution < 1.29 is 14.6 Å². The van der Waals surface area contributed by atoms with E-state index in [1.54, 1.807) is 7.11 Å². The number of hydrogen-bond donors (Lipinski definition) is 2. The quantitative estimate of drug-likeness (QED) is 0.792. The molecule has 1 saturated carbocycles. The predicted octanol–water partition coefficient (Wildman–Crippen LogP) is 0.517. The Morgan fingerprint density at radius 2 is 2.00 bits per heavy atom. The molecule has 1 amide bonds. The van der Waals surface area contributed by atoms with Crippen molar-refractivity contribution in [1.29, 1.82) is 0 Å². The molecule has 2 saturated heterocycles. The van der Waals surface area contributed by atoms with Crippen LogP contribution in [0.1, 0.15) is 38.5 Å². The number of rotatable bonds is 3. The summed E-state index contributed by atoms with van der Waals surface area (Å²) in [6, 6.07) is 0.230. The Labute approximate surface area is 120 Å². The molecule has 20 heavy (non-hydrogen) atoms. The number of nitrogens with one attached hydrogen (secondary N) is 1. The van der Waals surface area contributed by atoms with Gasteiger partial charge in [-0.15, -0.1) is 0 Å². The number of carbonyl (C=O) groups is 1. The highest BCUT2D eigenvalue weighted by molar-refractivity contribution is 5.86. The largest absolute Gasteiger partial charge is 0.393 e. The van der Waals surface area contributed by atoms with Crippen LogP contribution in [0.5, 0.6) is 0 Å². The van der Waals surface area contributed by atoms with E-state index in [-0.39, 0.29) is 18.1 Å². The number of aliphatic hydroxyl groups excluding tert-OH is 1. The number of hydrogen-bond acceptors (Lipinski definition) is 4. The number of methoxy groups -OCH3 is 1. The van der Waals surface area contributed by atoms with Crippen molar-refractivity contribution in [2.45, 2.75) is 56.3 Å². The van der Waals surface area contributed by atoms with E-state index in [1.165, 1.54) is 12.8 Å². The van der Waals surface area contributed by atoms with Gasteiger partial charge in [0.25, 0.3) is 5.91 Å². The molecule has 0 unspecified atom stereocenters. The molecule has 5 heteroatoms. The summed E-state index contributed by atoms with van der Waals surface area (Å²) < 4.78 is 5.68. The molecule has 2 N–H and O–H groups in total. The van der Waals surface area contributed by atoms with Crippen molar-refractivity contribution in [2.24, 2.45) is 5.92 Å². The SMILES string of the molecule is COC1(C(=O)N2CC[C@@H](O)C[C@@H]2C2CC2)CCNCC1. The van der Waals surface area contributed by atoms with Crippen molar-refractivity contribution >= 4 is 5.91 Å². The average molecular weight is 282 g/mol. The number of amides is 1. The van der Waals surface area contributed by atoms with Gasteiger partial charge in [0, 0.05) is 19.7 Å². The summed E-state index contributed by atoms with van der Waals surface area (Å²) in [6.07, 6.45) is 5.10. The molecular formula is C15H26N2O3. The smallest absolute Gasteiger partial charge is 0.255 e. The lowest BCUT2D eigenvalue weighted by atomic mass is 9.87. The van der Waals surface area contributed by atoms with E-state index in [9.17, 15) is 9.90 Å². The minimum absolute atomic E-state index is 0.158. The Hall–Kier alpha value is -0.650. The van der Waals surface area contributed by atoms with Crippen molar-refractivity contribution in [3.05, 3.63) is 0 Å². The van der Waals surface area contributed by atoms with Gasteiger partial charge in [0.15, 0.2) is 0 Å². The first-order valence-corrected chi connectivity index (χ1v) is 7.91. The molecular weight excluding hydrogens is 256 g/mol. The van der Waals surface area contributed by atoms with Crippen LogP contribution in [0.2, 0.25) is 0 Å². The van der Waals surface area contributed by atoms with Crippen LogP contribution in [0.3, 0.4) is 0 Å². The van der Waals surface area contributed by atoms with Crippen LogP contribution in [0, 0.1) is 5.92 Å². The summed E-state index contributed by atoms with van der Waals surface area (Å²) in [5.41, 5.74) is -0.638. The van der Waals surface area contributed by atoms with Crippen LogP contribution in [0.15, 0.2) is 0 Å². The van der Waals surface area contributed by atoms with E-state index < -0.39 is 5.60 Å². The molecule has 0 radical (unpaired) electrons. The van der Waals surface area contributed by atoms with Crippen LogP contribution >= 0.6 is 0 Å². The van der Waals surface area contributed by atoms with Gasteiger partial charge >= 0.3 is 0 Å². The molecule has 2 aliphatic heterocycles. The maximum Gasteiger partial charge on any atom is 0.255 e. The Morgan fingerprint density at radius 3 is 2.60 bits per heavy atom. The van der Waals surface area contributed by atoms with E-state index in [1.807, 2.05) is 4.90 Å². The van der Waals surface area contributed by atoms with Gasteiger partial charge in [0.2, 0.25) is 0 Å². The van der Waals surface area contributed by atoms with Crippen LogP contribution < -0.4 is 5.32 Å². The molecule has 2 atom stereocenters. The topological polar surface area (TPSA) is 61.8 Å². The summed E-state index contributed by atoms with van der Waals surface area (Å²) in [4.78, 5) is 15.1. The van der Waals surface area contributed by atoms with Crippen molar-refractivity contribution in [1.82, 2.24) is 10.2 Å². The van der Waals surface area contributed by atoms with Crippen LogP contribution in [0.25, 0.3) is 0 Å². The number of nitrogens with zero attached hydrogens (tertiary/aromatic N) is 1. The molecule has 3 fully saturated rings. The van der Waals surface area contributed by atoms with Crippen molar-refractivity contribution in [2.75, 3.05) is 26.7 Å². The van der Waals surface area contributed by atoms with Crippen LogP contribution in [-0.4, -0.2) is 60.4 Å². The van der Waals surface area contributed by atoms with E-state index in [0.717, 1.165) is 32.4 Å². The van der Waals surface area contributed by atoms with E-state index in [0.29, 0.717) is 18.9 Å². The minimum atomic E-state index is -0.638. The third kappa shape index (κ3) is 2.59. The van der Waals surface area contributed by atoms with Gasteiger partial charge < -0.3 is 20.1 Å². The summed E-state index contributed by atoms with van der Waals surface area (Å²) >= 11 is 0. The molecule has 0 spiro atoms. The Balaban J connectivity index is 1.76. The first-order chi connectivity index (χ1) is 9.66. The molecule has 3 aliphatic rings. The summed E-state index contributed by atoms with van der Waals surface area (Å²) in [7, 11) is 1.66. The second kappa shape index (κ2) is 5.62. The normalized spacial score (nSPS) is 34.0. The second-order valence-corrected chi connectivity index (χ2v) is 6.53. The summed E-state index contributed by atoms with van der Waals surface area (Å²) in [5.74, 6) is 0.759. The second-order valence-electron chi connectivity index (χ2n) is 6.53. The zero-order valence-corrected chi connectivity index (χ0v) is 12.3. The number of carbonyl (C=O) groups excluding carboxylic acids is 1. The number of ether oxygens (including phenoxy) is 1. The van der Waals surface area contributed by atoms with Gasteiger partial charge in [-0.1, -0.05) is 0 Å². The van der Waals surface area contributed by atoms with E-state index >= 15 is 0 Å². The highest BCUT2D eigenvalue weighted by atomic mass is 16.5. The standard InChI is InChI=1S/C15H26N2O3/c1-20-15(5-7-16-8-6-15)14(19)17-9-4-12(18)10-13(17)11-2-3-11/h11-13,16,18H,2-10H2,1H3/t12-,13-/m1/s1. The zero-order chi connectivity index (χ0) is 14.2. The predicted molar refractivity (Wildman–Crippen MR) is 75.3 cm³/mol. The molecule has 1 aliphatic carbocycles. The van der Waals surface area contributed by atoms with Gasteiger partial charge in [0.1, 0.15) is 5.60 Å². The molecule has 0 aromatic heterocycles. The van der Waals surface area contributed by atoms with Gasteiger partial charge in [-0.05, 0) is 57.5 Å². The first-order valence-electron chi connectivity index (χ1n) is 7.91. The maximum atomic E-state index is 13.0. The lowest BCUT2D eigenvalue weighted by Crippen LogP contribution is -2.60. The first kappa shape index (κ1) is 14.3. The number of piperidine rings is 2. The van der Waals surface area contributed by atoms with E-state index in [4.69, 9.17) is 4.74 Å². The fourth-order valence-electron chi connectivity index (χ4n) is 3.76. The van der Waals surface area contributed by atoms with Gasteiger partial charge in [-0.2, -0.15) is 0 Å². The van der Waals surface area contributed by atoms with Crippen LogP contribution in [0.4, 0.5) is 0 Å². The van der Waals surface area contributed by atoms with E-state index in [2.05, 4.69) is 5.32 Å². The molecule has 0 aromatic rings. The average Bonchev–Trinajstić information content (AvgIpc) is 3.32. The van der Waals surface area contributed by atoms with Gasteiger partial charge in [-0.25, -0.2) is 0 Å². The monoisotopic (exact) mass is 282 g/mol. The fourth-order valence-corrected chi connectivity index (χ4v) is 3.76. The Morgan fingerprint density at radius 1 is 1.30 bits per heavy atom. The molecule has 0 aromatic carbocycles. The summed E-state index contributed by atoms with van der Waals surface area (Å²) in [6.45, 7) is 2.36. The third-order valence-electron chi connectivity index (χ3n) is 5.24. The maximum absolute atomic E-state index is 13.0. The number of likely N-dealkylation sites (tertiary alicyclic amines) is 1. The molecule has 3 rings (SSSR count). The third-order valence-corrected chi connectivity index (χ3v) is 5.24. The molecule has 5 nitrogen and oxygen atoms in total. The fraction of sp³-hybridized carbons (Fsp3) is 0.933. The zero-order valence-electron chi connectivity index (χ0n) is 12.3. The Kier molecular flexibility index (Phi) is 4.02. The number of aliphatic hydroxyl groups is 1. The molecule has 114 valence electrons. The van der Waals surface area contributed by atoms with Crippen molar-refractivity contribution in [3.8, 4) is 0 Å². The van der Waals surface area contributed by atoms with Gasteiger partial charge in [-0.3, -0.25) is 4.79 Å². The minimum Gasteiger partial charge on any atom is -0.393 e. The lowest BCUT2D eigenvalue weighted by molar-refractivity contribution is -0.164. The lowest BCUT2D eigenvalue weighted by Gasteiger charge is -2.44.